The summed E-state index contributed by atoms with van der Waals surface area (Å²) in [6.45, 7) is 4.55. The largest absolute Gasteiger partial charge is 0.375 e. The van der Waals surface area contributed by atoms with E-state index in [0.29, 0.717) is 6.04 Å². The number of benzene rings is 1. The van der Waals surface area contributed by atoms with Crippen LogP contribution in [0.15, 0.2) is 41.8 Å². The van der Waals surface area contributed by atoms with Crippen molar-refractivity contribution in [1.82, 2.24) is 4.90 Å². The van der Waals surface area contributed by atoms with Gasteiger partial charge in [0.15, 0.2) is 0 Å². The monoisotopic (exact) mass is 329 g/mol. The van der Waals surface area contributed by atoms with Crippen molar-refractivity contribution in [3.63, 3.8) is 0 Å². The van der Waals surface area contributed by atoms with Gasteiger partial charge in [0.05, 0.1) is 6.10 Å². The first-order valence-corrected chi connectivity index (χ1v) is 9.58. The van der Waals surface area contributed by atoms with Gasteiger partial charge in [-0.1, -0.05) is 37.3 Å². The fraction of sp³-hybridized carbons (Fsp3) is 0.500. The predicted molar refractivity (Wildman–Crippen MR) is 98.2 cm³/mol. The first kappa shape index (κ1) is 16.7. The van der Waals surface area contributed by atoms with Crippen LogP contribution >= 0.6 is 11.3 Å². The number of nitrogens with zero attached hydrogens (tertiary/aromatic N) is 1. The van der Waals surface area contributed by atoms with Gasteiger partial charge in [0.2, 0.25) is 0 Å². The van der Waals surface area contributed by atoms with Gasteiger partial charge < -0.3 is 4.74 Å². The third kappa shape index (κ3) is 3.85. The quantitative estimate of drug-likeness (QED) is 0.730. The zero-order valence-electron chi connectivity index (χ0n) is 14.2. The predicted octanol–water partition coefficient (Wildman–Crippen LogP) is 4.71. The molecule has 1 aromatic heterocycles. The van der Waals surface area contributed by atoms with Gasteiger partial charge in [-0.05, 0) is 54.8 Å². The molecule has 2 atom stereocenters. The minimum absolute atomic E-state index is 0.204. The fourth-order valence-electron chi connectivity index (χ4n) is 3.80. The fourth-order valence-corrected chi connectivity index (χ4v) is 4.50. The van der Waals surface area contributed by atoms with Gasteiger partial charge in [0.25, 0.3) is 0 Å². The Balaban J connectivity index is 1.75. The van der Waals surface area contributed by atoms with Crippen LogP contribution in [0.2, 0.25) is 0 Å². The Kier molecular flexibility index (Phi) is 5.87. The molecule has 124 valence electrons. The molecule has 1 aromatic carbocycles. The van der Waals surface area contributed by atoms with Crippen LogP contribution in [0.4, 0.5) is 0 Å². The van der Waals surface area contributed by atoms with E-state index in [-0.39, 0.29) is 6.10 Å². The molecule has 2 nitrogen and oxygen atoms in total. The second-order valence-electron chi connectivity index (χ2n) is 6.33. The molecule has 0 spiro atoms. The van der Waals surface area contributed by atoms with Gasteiger partial charge in [-0.2, -0.15) is 0 Å². The molecule has 0 saturated carbocycles. The molecule has 1 aliphatic rings. The van der Waals surface area contributed by atoms with Crippen LogP contribution in [-0.2, 0) is 17.6 Å². The molecule has 0 radical (unpaired) electrons. The zero-order valence-corrected chi connectivity index (χ0v) is 15.0. The maximum Gasteiger partial charge on any atom is 0.0978 e. The van der Waals surface area contributed by atoms with Crippen LogP contribution in [0.5, 0.6) is 0 Å². The van der Waals surface area contributed by atoms with Crippen molar-refractivity contribution in [3.05, 3.63) is 57.8 Å². The molecule has 3 rings (SSSR count). The highest BCUT2D eigenvalue weighted by Crippen LogP contribution is 2.35. The van der Waals surface area contributed by atoms with Crippen molar-refractivity contribution < 1.29 is 4.74 Å². The first-order valence-electron chi connectivity index (χ1n) is 8.70. The lowest BCUT2D eigenvalue weighted by molar-refractivity contribution is 0.00252. The lowest BCUT2D eigenvalue weighted by Crippen LogP contribution is -2.44. The van der Waals surface area contributed by atoms with Gasteiger partial charge in [-0.3, -0.25) is 4.90 Å². The van der Waals surface area contributed by atoms with Crippen molar-refractivity contribution >= 4 is 11.3 Å². The van der Waals surface area contributed by atoms with Gasteiger partial charge >= 0.3 is 0 Å². The van der Waals surface area contributed by atoms with E-state index in [2.05, 4.69) is 53.6 Å². The Bertz CT molecular complexity index is 595. The Morgan fingerprint density at radius 2 is 2.04 bits per heavy atom. The van der Waals surface area contributed by atoms with E-state index in [9.17, 15) is 0 Å². The summed E-state index contributed by atoms with van der Waals surface area (Å²) in [5, 5.41) is 2.17. The summed E-state index contributed by atoms with van der Waals surface area (Å²) in [5.74, 6) is 0. The minimum Gasteiger partial charge on any atom is -0.375 e. The summed E-state index contributed by atoms with van der Waals surface area (Å²) in [6, 6.07) is 13.7. The summed E-state index contributed by atoms with van der Waals surface area (Å²) in [6.07, 6.45) is 4.90. The molecular formula is C20H27NOS. The molecule has 2 unspecified atom stereocenters. The van der Waals surface area contributed by atoms with Gasteiger partial charge in [0, 0.05) is 24.6 Å². The minimum atomic E-state index is 0.204. The standard InChI is InChI=1S/C20H27NOS/c1-3-13-21(14-12-17-8-6-15-23-17)19-11-10-16-7-4-5-9-18(16)20(19)22-2/h4-9,15,19-20H,3,10-14H2,1-2H3. The summed E-state index contributed by atoms with van der Waals surface area (Å²) in [7, 11) is 1.86. The maximum absolute atomic E-state index is 5.96. The summed E-state index contributed by atoms with van der Waals surface area (Å²) < 4.78 is 5.96. The second-order valence-corrected chi connectivity index (χ2v) is 7.36. The van der Waals surface area contributed by atoms with Crippen molar-refractivity contribution in [1.29, 1.82) is 0 Å². The highest BCUT2D eigenvalue weighted by Gasteiger charge is 2.33. The molecular weight excluding hydrogens is 302 g/mol. The number of rotatable bonds is 7. The number of thiophene rings is 1. The molecule has 0 aliphatic heterocycles. The molecule has 3 heteroatoms. The third-order valence-electron chi connectivity index (χ3n) is 4.88. The molecule has 0 saturated heterocycles. The molecule has 1 aliphatic carbocycles. The number of hydrogen-bond acceptors (Lipinski definition) is 3. The van der Waals surface area contributed by atoms with E-state index in [4.69, 9.17) is 4.74 Å². The second kappa shape index (κ2) is 8.09. The lowest BCUT2D eigenvalue weighted by atomic mass is 9.84. The summed E-state index contributed by atoms with van der Waals surface area (Å²) in [5.41, 5.74) is 2.86. The summed E-state index contributed by atoms with van der Waals surface area (Å²) >= 11 is 1.87. The average molecular weight is 330 g/mol. The Morgan fingerprint density at radius 3 is 2.78 bits per heavy atom. The number of methoxy groups -OCH3 is 1. The molecule has 0 amide bonds. The normalized spacial score (nSPS) is 20.7. The Morgan fingerprint density at radius 1 is 1.17 bits per heavy atom. The van der Waals surface area contributed by atoms with Gasteiger partial charge in [0.1, 0.15) is 0 Å². The highest BCUT2D eigenvalue weighted by atomic mass is 32.1. The molecule has 1 heterocycles. The molecule has 0 bridgehead atoms. The van der Waals surface area contributed by atoms with Crippen molar-refractivity contribution in [2.75, 3.05) is 20.2 Å². The van der Waals surface area contributed by atoms with Crippen LogP contribution in [-0.4, -0.2) is 31.1 Å². The van der Waals surface area contributed by atoms with E-state index in [1.165, 1.54) is 35.3 Å². The SMILES string of the molecule is CCCN(CCc1cccs1)C1CCc2ccccc2C1OC. The van der Waals surface area contributed by atoms with Gasteiger partial charge in [-0.25, -0.2) is 0 Å². The lowest BCUT2D eigenvalue weighted by Gasteiger charge is -2.40. The first-order chi connectivity index (χ1) is 11.3. The number of hydrogen-bond donors (Lipinski definition) is 0. The van der Waals surface area contributed by atoms with E-state index in [0.717, 1.165) is 19.5 Å². The van der Waals surface area contributed by atoms with Crippen LogP contribution < -0.4 is 0 Å². The number of aryl methyl sites for hydroxylation is 1. The van der Waals surface area contributed by atoms with E-state index in [1.54, 1.807) is 0 Å². The van der Waals surface area contributed by atoms with Crippen molar-refractivity contribution in [2.45, 2.75) is 44.8 Å². The zero-order chi connectivity index (χ0) is 16.1. The van der Waals surface area contributed by atoms with Crippen LogP contribution in [0.1, 0.15) is 41.9 Å². The van der Waals surface area contributed by atoms with E-state index < -0.39 is 0 Å². The molecule has 0 N–H and O–H groups in total. The molecule has 2 aromatic rings. The van der Waals surface area contributed by atoms with E-state index in [1.807, 2.05) is 18.4 Å². The van der Waals surface area contributed by atoms with Crippen LogP contribution in [0.3, 0.4) is 0 Å². The van der Waals surface area contributed by atoms with Crippen LogP contribution in [0.25, 0.3) is 0 Å². The van der Waals surface area contributed by atoms with Crippen LogP contribution in [0, 0.1) is 0 Å². The summed E-state index contributed by atoms with van der Waals surface area (Å²) in [4.78, 5) is 4.14. The Labute approximate surface area is 144 Å². The Hall–Kier alpha value is -1.16. The number of fused-ring (bicyclic) bond motifs is 1. The third-order valence-corrected chi connectivity index (χ3v) is 5.82. The topological polar surface area (TPSA) is 12.5 Å². The van der Waals surface area contributed by atoms with E-state index >= 15 is 0 Å². The van der Waals surface area contributed by atoms with Crippen molar-refractivity contribution in [2.24, 2.45) is 0 Å². The maximum atomic E-state index is 5.96. The average Bonchev–Trinajstić information content (AvgIpc) is 3.11. The highest BCUT2D eigenvalue weighted by molar-refractivity contribution is 7.09. The molecule has 0 fully saturated rings. The number of ether oxygens (including phenoxy) is 1. The molecule has 23 heavy (non-hydrogen) atoms. The van der Waals surface area contributed by atoms with Crippen molar-refractivity contribution in [3.8, 4) is 0 Å². The smallest absolute Gasteiger partial charge is 0.0978 e. The van der Waals surface area contributed by atoms with Gasteiger partial charge in [-0.15, -0.1) is 11.3 Å².